The van der Waals surface area contributed by atoms with Crippen molar-refractivity contribution in [3.05, 3.63) is 0 Å². The van der Waals surface area contributed by atoms with Crippen LogP contribution in [-0.4, -0.2) is 18.7 Å². The Bertz CT molecular complexity index is 196. The van der Waals surface area contributed by atoms with Crippen LogP contribution in [0, 0.1) is 5.92 Å². The molecule has 0 aliphatic carbocycles. The molecule has 0 saturated heterocycles. The Morgan fingerprint density at radius 3 is 2.25 bits per heavy atom. The normalized spacial score (nSPS) is 14.6. The molecule has 3 nitrogen and oxygen atoms in total. The van der Waals surface area contributed by atoms with Crippen molar-refractivity contribution in [1.29, 1.82) is 0 Å². The zero-order chi connectivity index (χ0) is 9.61. The second kappa shape index (κ2) is 5.54. The molecule has 4 heteroatoms. The predicted molar refractivity (Wildman–Crippen MR) is 47.9 cm³/mol. The fraction of sp³-hybridized carbons (Fsp3) is 1.00. The Balaban J connectivity index is 3.83. The van der Waals surface area contributed by atoms with Gasteiger partial charge in [0.25, 0.3) is 0 Å². The van der Waals surface area contributed by atoms with Crippen LogP contribution in [0.1, 0.15) is 39.5 Å². The lowest BCUT2D eigenvalue weighted by Crippen LogP contribution is -2.14. The fourth-order valence-electron chi connectivity index (χ4n) is 1.19. The van der Waals surface area contributed by atoms with Crippen molar-refractivity contribution >= 4 is 10.1 Å². The van der Waals surface area contributed by atoms with Crippen molar-refractivity contribution in [2.45, 2.75) is 39.5 Å². The van der Waals surface area contributed by atoms with Gasteiger partial charge in [0.1, 0.15) is 0 Å². The summed E-state index contributed by atoms with van der Waals surface area (Å²) in [7, 11) is -4.02. The van der Waals surface area contributed by atoms with E-state index in [1.807, 2.05) is 6.92 Å². The Labute approximate surface area is 74.9 Å². The van der Waals surface area contributed by atoms with E-state index >= 15 is 0 Å². The van der Waals surface area contributed by atoms with E-state index in [0.717, 1.165) is 25.7 Å². The largest absolute Gasteiger partial charge is 0.748 e. The van der Waals surface area contributed by atoms with Gasteiger partial charge in [-0.1, -0.05) is 33.1 Å². The lowest BCUT2D eigenvalue weighted by Gasteiger charge is -2.16. The standard InChI is InChI=1S/C8H18O3S/c1-3-5-6-8(4-2)7-12(9,10)11/h8H,3-7H2,1-2H3,(H,9,10,11)/p-1. The fourth-order valence-corrected chi connectivity index (χ4v) is 2.17. The number of unbranched alkanes of at least 4 members (excludes halogenated alkanes) is 1. The molecule has 0 aliphatic heterocycles. The van der Waals surface area contributed by atoms with Crippen LogP contribution in [0.4, 0.5) is 0 Å². The van der Waals surface area contributed by atoms with E-state index in [9.17, 15) is 13.0 Å². The van der Waals surface area contributed by atoms with Crippen LogP contribution >= 0.6 is 0 Å². The summed E-state index contributed by atoms with van der Waals surface area (Å²) in [5.74, 6) is -0.129. The first-order valence-corrected chi connectivity index (χ1v) is 6.00. The van der Waals surface area contributed by atoms with Crippen LogP contribution in [0.15, 0.2) is 0 Å². The molecule has 0 aromatic heterocycles. The van der Waals surface area contributed by atoms with E-state index in [2.05, 4.69) is 6.92 Å². The molecule has 0 aliphatic rings. The van der Waals surface area contributed by atoms with E-state index in [1.165, 1.54) is 0 Å². The average Bonchev–Trinajstić information content (AvgIpc) is 1.95. The average molecular weight is 193 g/mol. The highest BCUT2D eigenvalue weighted by Gasteiger charge is 2.08. The van der Waals surface area contributed by atoms with Gasteiger partial charge >= 0.3 is 0 Å². The Kier molecular flexibility index (Phi) is 5.50. The Morgan fingerprint density at radius 1 is 1.33 bits per heavy atom. The maximum absolute atomic E-state index is 10.4. The van der Waals surface area contributed by atoms with Gasteiger partial charge in [0, 0.05) is 5.75 Å². The monoisotopic (exact) mass is 193 g/mol. The third-order valence-corrected chi connectivity index (χ3v) is 2.86. The SMILES string of the molecule is CCCCC(CC)CS(=O)(=O)[O-]. The third kappa shape index (κ3) is 6.61. The quantitative estimate of drug-likeness (QED) is 0.604. The maximum Gasteiger partial charge on any atom is 0.0948 e. The van der Waals surface area contributed by atoms with Gasteiger partial charge in [0.05, 0.1) is 10.1 Å². The summed E-state index contributed by atoms with van der Waals surface area (Å²) in [6.45, 7) is 3.98. The van der Waals surface area contributed by atoms with Crippen LogP contribution in [-0.2, 0) is 10.1 Å². The maximum atomic E-state index is 10.4. The minimum absolute atomic E-state index is 0.0625. The zero-order valence-corrected chi connectivity index (χ0v) is 8.56. The molecule has 1 unspecified atom stereocenters. The van der Waals surface area contributed by atoms with Crippen LogP contribution in [0.3, 0.4) is 0 Å². The molecule has 0 bridgehead atoms. The molecule has 0 saturated carbocycles. The molecule has 0 aromatic rings. The minimum Gasteiger partial charge on any atom is -0.748 e. The smallest absolute Gasteiger partial charge is 0.0948 e. The molecule has 12 heavy (non-hydrogen) atoms. The van der Waals surface area contributed by atoms with E-state index in [0.29, 0.717) is 0 Å². The van der Waals surface area contributed by atoms with Crippen LogP contribution in [0.25, 0.3) is 0 Å². The summed E-state index contributed by atoms with van der Waals surface area (Å²) < 4.78 is 31.2. The molecule has 0 fully saturated rings. The van der Waals surface area contributed by atoms with Gasteiger partial charge in [-0.15, -0.1) is 0 Å². The van der Waals surface area contributed by atoms with Crippen molar-refractivity contribution in [2.24, 2.45) is 5.92 Å². The highest BCUT2D eigenvalue weighted by atomic mass is 32.2. The molecule has 0 amide bonds. The van der Waals surface area contributed by atoms with Gasteiger partial charge in [-0.2, -0.15) is 0 Å². The van der Waals surface area contributed by atoms with E-state index in [-0.39, 0.29) is 11.7 Å². The van der Waals surface area contributed by atoms with Crippen LogP contribution in [0.2, 0.25) is 0 Å². The topological polar surface area (TPSA) is 57.2 Å². The third-order valence-electron chi connectivity index (χ3n) is 1.98. The summed E-state index contributed by atoms with van der Waals surface area (Å²) >= 11 is 0. The van der Waals surface area contributed by atoms with Gasteiger partial charge in [-0.3, -0.25) is 0 Å². The summed E-state index contributed by atoms with van der Waals surface area (Å²) in [5, 5.41) is 0. The second-order valence-corrected chi connectivity index (χ2v) is 4.59. The first-order valence-electron chi connectivity index (χ1n) is 4.43. The van der Waals surface area contributed by atoms with E-state index < -0.39 is 10.1 Å². The van der Waals surface area contributed by atoms with Crippen LogP contribution in [0.5, 0.6) is 0 Å². The molecule has 0 radical (unpaired) electrons. The Hall–Kier alpha value is -0.0900. The molecule has 0 heterocycles. The number of rotatable bonds is 6. The van der Waals surface area contributed by atoms with Crippen LogP contribution < -0.4 is 0 Å². The molecule has 74 valence electrons. The first-order chi connectivity index (χ1) is 5.49. The Morgan fingerprint density at radius 2 is 1.92 bits per heavy atom. The summed E-state index contributed by atoms with van der Waals surface area (Å²) in [6.07, 6.45) is 3.69. The zero-order valence-electron chi connectivity index (χ0n) is 7.75. The predicted octanol–water partition coefficient (Wildman–Crippen LogP) is 1.75. The molecular formula is C8H17O3S-. The summed E-state index contributed by atoms with van der Waals surface area (Å²) in [4.78, 5) is 0. The van der Waals surface area contributed by atoms with E-state index in [4.69, 9.17) is 0 Å². The number of hydrogen-bond acceptors (Lipinski definition) is 3. The summed E-state index contributed by atoms with van der Waals surface area (Å²) in [5.41, 5.74) is 0. The lowest BCUT2D eigenvalue weighted by molar-refractivity contribution is 0.428. The number of hydrogen-bond donors (Lipinski definition) is 0. The van der Waals surface area contributed by atoms with Gasteiger partial charge in [-0.25, -0.2) is 8.42 Å². The van der Waals surface area contributed by atoms with Crippen molar-refractivity contribution in [3.63, 3.8) is 0 Å². The van der Waals surface area contributed by atoms with Crippen molar-refractivity contribution in [3.8, 4) is 0 Å². The van der Waals surface area contributed by atoms with E-state index in [1.54, 1.807) is 0 Å². The summed E-state index contributed by atoms with van der Waals surface area (Å²) in [6, 6.07) is 0. The molecular weight excluding hydrogens is 176 g/mol. The molecule has 0 rings (SSSR count). The molecule has 0 spiro atoms. The second-order valence-electron chi connectivity index (χ2n) is 3.14. The van der Waals surface area contributed by atoms with Gasteiger partial charge < -0.3 is 4.55 Å². The molecule has 1 atom stereocenters. The molecule has 0 aromatic carbocycles. The lowest BCUT2D eigenvalue weighted by atomic mass is 10.0. The first kappa shape index (κ1) is 11.9. The van der Waals surface area contributed by atoms with Crippen molar-refractivity contribution in [2.75, 3.05) is 5.75 Å². The van der Waals surface area contributed by atoms with Gasteiger partial charge in [-0.05, 0) is 12.3 Å². The molecule has 0 N–H and O–H groups in total. The van der Waals surface area contributed by atoms with Gasteiger partial charge in [0.2, 0.25) is 0 Å². The van der Waals surface area contributed by atoms with Gasteiger partial charge in [0.15, 0.2) is 0 Å². The van der Waals surface area contributed by atoms with Crippen molar-refractivity contribution < 1.29 is 13.0 Å². The van der Waals surface area contributed by atoms with Crippen molar-refractivity contribution in [1.82, 2.24) is 0 Å². The highest BCUT2D eigenvalue weighted by Crippen LogP contribution is 2.13. The highest BCUT2D eigenvalue weighted by molar-refractivity contribution is 7.85. The minimum atomic E-state index is -4.02.